The lowest BCUT2D eigenvalue weighted by molar-refractivity contribution is 0.0786. The maximum absolute atomic E-state index is 12.9. The van der Waals surface area contributed by atoms with Crippen molar-refractivity contribution in [3.63, 3.8) is 0 Å². The van der Waals surface area contributed by atoms with Crippen LogP contribution in [0.1, 0.15) is 27.9 Å². The molecule has 0 fully saturated rings. The smallest absolute Gasteiger partial charge is 0.264 e. The van der Waals surface area contributed by atoms with E-state index in [-0.39, 0.29) is 11.9 Å². The number of rotatable bonds is 7. The van der Waals surface area contributed by atoms with Crippen molar-refractivity contribution in [2.45, 2.75) is 26.4 Å². The summed E-state index contributed by atoms with van der Waals surface area (Å²) in [5, 5.41) is 8.05. The minimum absolute atomic E-state index is 0.0793. The summed E-state index contributed by atoms with van der Waals surface area (Å²) in [6.07, 6.45) is 3.00. The molecule has 138 valence electrons. The summed E-state index contributed by atoms with van der Waals surface area (Å²) < 4.78 is 9.99. The van der Waals surface area contributed by atoms with Gasteiger partial charge in [-0.05, 0) is 19.4 Å². The minimum atomic E-state index is -0.0793. The van der Waals surface area contributed by atoms with Crippen molar-refractivity contribution in [2.24, 2.45) is 0 Å². The van der Waals surface area contributed by atoms with Crippen LogP contribution in [0, 0.1) is 6.92 Å². The van der Waals surface area contributed by atoms with Gasteiger partial charge in [0, 0.05) is 26.3 Å². The third-order valence-corrected chi connectivity index (χ3v) is 5.15. The molecular formula is C17H21N5O3S. The van der Waals surface area contributed by atoms with Crippen LogP contribution in [0.25, 0.3) is 10.2 Å². The summed E-state index contributed by atoms with van der Waals surface area (Å²) in [4.78, 5) is 24.6. The Labute approximate surface area is 155 Å². The molecule has 8 nitrogen and oxygen atoms in total. The first-order valence-electron chi connectivity index (χ1n) is 8.15. The van der Waals surface area contributed by atoms with E-state index in [0.717, 1.165) is 15.8 Å². The summed E-state index contributed by atoms with van der Waals surface area (Å²) in [6, 6.07) is 1.83. The Balaban J connectivity index is 1.90. The summed E-state index contributed by atoms with van der Waals surface area (Å²) >= 11 is 1.37. The Kier molecular flexibility index (Phi) is 5.48. The number of hydrogen-bond donors (Lipinski definition) is 1. The molecule has 0 saturated heterocycles. The van der Waals surface area contributed by atoms with Crippen molar-refractivity contribution in [2.75, 3.05) is 26.1 Å². The molecule has 3 aromatic rings. The van der Waals surface area contributed by atoms with Crippen LogP contribution < -0.4 is 5.32 Å². The van der Waals surface area contributed by atoms with Gasteiger partial charge in [0.25, 0.3) is 5.91 Å². The number of fused-ring (bicyclic) bond motifs is 1. The summed E-state index contributed by atoms with van der Waals surface area (Å²) in [5.41, 5.74) is 1.57. The van der Waals surface area contributed by atoms with Gasteiger partial charge in [-0.15, -0.1) is 11.3 Å². The monoisotopic (exact) mass is 375 g/mol. The van der Waals surface area contributed by atoms with Crippen LogP contribution in [-0.4, -0.2) is 52.7 Å². The molecule has 3 rings (SSSR count). The highest BCUT2D eigenvalue weighted by Crippen LogP contribution is 2.34. The first-order chi connectivity index (χ1) is 12.5. The molecule has 0 aromatic carbocycles. The van der Waals surface area contributed by atoms with E-state index in [4.69, 9.17) is 9.26 Å². The number of thiophene rings is 1. The fraction of sp³-hybridized carbons (Fsp3) is 0.412. The van der Waals surface area contributed by atoms with E-state index in [2.05, 4.69) is 20.4 Å². The number of aromatic nitrogens is 3. The number of carbonyl (C=O) groups excluding carboxylic acids is 1. The van der Waals surface area contributed by atoms with E-state index in [1.165, 1.54) is 23.9 Å². The van der Waals surface area contributed by atoms with E-state index in [9.17, 15) is 4.79 Å². The van der Waals surface area contributed by atoms with Crippen molar-refractivity contribution >= 4 is 33.3 Å². The fourth-order valence-electron chi connectivity index (χ4n) is 2.72. The van der Waals surface area contributed by atoms with Gasteiger partial charge in [0.05, 0.1) is 23.4 Å². The van der Waals surface area contributed by atoms with Gasteiger partial charge in [0.2, 0.25) is 0 Å². The fourth-order valence-corrected chi connectivity index (χ4v) is 3.86. The Bertz CT molecular complexity index is 893. The Morgan fingerprint density at radius 2 is 2.27 bits per heavy atom. The standard InChI is InChI=1S/C17H21N5O3S/c1-10(8-24-4)20-15-13-11(2)14(26-16(13)19-9-18-15)17(23)22(3)7-12-5-6-25-21-12/h5-6,9-10H,7-8H2,1-4H3,(H,18,19,20)/t10-/m1/s1. The number of hydrogen-bond acceptors (Lipinski definition) is 8. The maximum Gasteiger partial charge on any atom is 0.264 e. The molecule has 0 radical (unpaired) electrons. The molecule has 0 aliphatic carbocycles. The average molecular weight is 375 g/mol. The van der Waals surface area contributed by atoms with Gasteiger partial charge in [0.15, 0.2) is 0 Å². The highest BCUT2D eigenvalue weighted by atomic mass is 32.1. The van der Waals surface area contributed by atoms with Crippen LogP contribution in [0.5, 0.6) is 0 Å². The molecule has 9 heteroatoms. The molecule has 3 heterocycles. The summed E-state index contributed by atoms with van der Waals surface area (Å²) in [6.45, 7) is 4.87. The number of anilines is 1. The van der Waals surface area contributed by atoms with Crippen LogP contribution in [0.4, 0.5) is 5.82 Å². The molecule has 1 atom stereocenters. The van der Waals surface area contributed by atoms with E-state index < -0.39 is 0 Å². The second-order valence-corrected chi connectivity index (χ2v) is 7.11. The SMILES string of the molecule is COC[C@@H](C)Nc1ncnc2sc(C(=O)N(C)Cc3ccon3)c(C)c12. The normalized spacial score (nSPS) is 12.3. The maximum atomic E-state index is 12.9. The minimum Gasteiger partial charge on any atom is -0.383 e. The number of amides is 1. The Morgan fingerprint density at radius 3 is 2.96 bits per heavy atom. The molecule has 0 unspecified atom stereocenters. The van der Waals surface area contributed by atoms with Gasteiger partial charge < -0.3 is 19.5 Å². The largest absolute Gasteiger partial charge is 0.383 e. The van der Waals surface area contributed by atoms with Crippen molar-refractivity contribution < 1.29 is 14.1 Å². The van der Waals surface area contributed by atoms with Gasteiger partial charge in [-0.2, -0.15) is 0 Å². The number of carbonyl (C=O) groups is 1. The quantitative estimate of drug-likeness (QED) is 0.678. The van der Waals surface area contributed by atoms with E-state index in [1.54, 1.807) is 25.1 Å². The van der Waals surface area contributed by atoms with E-state index in [0.29, 0.717) is 29.5 Å². The first kappa shape index (κ1) is 18.3. The number of nitrogens with zero attached hydrogens (tertiary/aromatic N) is 4. The van der Waals surface area contributed by atoms with Crippen LogP contribution in [-0.2, 0) is 11.3 Å². The van der Waals surface area contributed by atoms with Gasteiger partial charge in [0.1, 0.15) is 28.9 Å². The van der Waals surface area contributed by atoms with Crippen molar-refractivity contribution in [3.05, 3.63) is 34.8 Å². The van der Waals surface area contributed by atoms with Crippen LogP contribution in [0.3, 0.4) is 0 Å². The molecule has 0 bridgehead atoms. The zero-order chi connectivity index (χ0) is 18.7. The van der Waals surface area contributed by atoms with Gasteiger partial charge in [-0.25, -0.2) is 9.97 Å². The summed E-state index contributed by atoms with van der Waals surface area (Å²) in [7, 11) is 3.40. The van der Waals surface area contributed by atoms with E-state index in [1.807, 2.05) is 13.8 Å². The van der Waals surface area contributed by atoms with Crippen molar-refractivity contribution in [3.8, 4) is 0 Å². The van der Waals surface area contributed by atoms with Crippen LogP contribution in [0.2, 0.25) is 0 Å². The molecule has 3 aromatic heterocycles. The number of nitrogens with one attached hydrogen (secondary N) is 1. The number of ether oxygens (including phenoxy) is 1. The van der Waals surface area contributed by atoms with E-state index >= 15 is 0 Å². The zero-order valence-electron chi connectivity index (χ0n) is 15.1. The number of aryl methyl sites for hydroxylation is 1. The lowest BCUT2D eigenvalue weighted by atomic mass is 10.2. The highest BCUT2D eigenvalue weighted by Gasteiger charge is 2.22. The predicted molar refractivity (Wildman–Crippen MR) is 99.4 cm³/mol. The molecule has 0 saturated carbocycles. The third kappa shape index (κ3) is 3.68. The molecule has 0 aliphatic heterocycles. The van der Waals surface area contributed by atoms with Gasteiger partial charge in [-0.1, -0.05) is 5.16 Å². The topological polar surface area (TPSA) is 93.4 Å². The number of methoxy groups -OCH3 is 1. The Morgan fingerprint density at radius 1 is 1.46 bits per heavy atom. The molecule has 26 heavy (non-hydrogen) atoms. The second-order valence-electron chi connectivity index (χ2n) is 6.11. The molecular weight excluding hydrogens is 354 g/mol. The molecule has 1 amide bonds. The molecule has 1 N–H and O–H groups in total. The van der Waals surface area contributed by atoms with Crippen molar-refractivity contribution in [1.29, 1.82) is 0 Å². The highest BCUT2D eigenvalue weighted by molar-refractivity contribution is 7.20. The molecule has 0 aliphatic rings. The van der Waals surface area contributed by atoms with Crippen LogP contribution >= 0.6 is 11.3 Å². The average Bonchev–Trinajstić information content (AvgIpc) is 3.23. The first-order valence-corrected chi connectivity index (χ1v) is 8.97. The van der Waals surface area contributed by atoms with Crippen LogP contribution in [0.15, 0.2) is 23.2 Å². The zero-order valence-corrected chi connectivity index (χ0v) is 16.0. The van der Waals surface area contributed by atoms with Gasteiger partial charge >= 0.3 is 0 Å². The Hall–Kier alpha value is -2.52. The van der Waals surface area contributed by atoms with Crippen molar-refractivity contribution in [1.82, 2.24) is 20.0 Å². The second kappa shape index (κ2) is 7.79. The molecule has 0 spiro atoms. The lowest BCUT2D eigenvalue weighted by Crippen LogP contribution is -2.26. The van der Waals surface area contributed by atoms with Gasteiger partial charge in [-0.3, -0.25) is 4.79 Å². The summed E-state index contributed by atoms with van der Waals surface area (Å²) in [5.74, 6) is 0.635. The predicted octanol–water partition coefficient (Wildman–Crippen LogP) is 2.71. The third-order valence-electron chi connectivity index (χ3n) is 3.96. The lowest BCUT2D eigenvalue weighted by Gasteiger charge is -2.15.